The number of hydrogen-bond acceptors (Lipinski definition) is 5. The van der Waals surface area contributed by atoms with Gasteiger partial charge in [0.15, 0.2) is 5.69 Å². The number of carbonyl (C=O) groups is 1. The minimum Gasteiger partial charge on any atom is -0.349 e. The smallest absolute Gasteiger partial charge is 0.273 e. The van der Waals surface area contributed by atoms with Gasteiger partial charge in [0.25, 0.3) is 5.91 Å². The Morgan fingerprint density at radius 2 is 2.10 bits per heavy atom. The number of rotatable bonds is 9. The quantitative estimate of drug-likeness (QED) is 0.685. The summed E-state index contributed by atoms with van der Waals surface area (Å²) in [6.45, 7) is 6.02. The van der Waals surface area contributed by atoms with Gasteiger partial charge in [-0.2, -0.15) is 0 Å². The van der Waals surface area contributed by atoms with Crippen LogP contribution in [-0.4, -0.2) is 59.0 Å². The highest BCUT2D eigenvalue weighted by atomic mass is 16.2. The fraction of sp³-hybridized carbons (Fsp3) is 0.786. The standard InChI is InChI=1S/C14H28N6O/c1-5-11(6-2)13(19(3)4)9-16-14(21)12-10-20(8-7-15)18-17-12/h10-11,13H,5-9,15H2,1-4H3,(H,16,21). The molecular formula is C14H28N6O. The SMILES string of the molecule is CCC(CC)C(CNC(=O)c1cn(CCN)nn1)N(C)C. The van der Waals surface area contributed by atoms with Gasteiger partial charge in [-0.1, -0.05) is 31.9 Å². The van der Waals surface area contributed by atoms with Gasteiger partial charge in [0.1, 0.15) is 0 Å². The van der Waals surface area contributed by atoms with Gasteiger partial charge in [0, 0.05) is 19.1 Å². The largest absolute Gasteiger partial charge is 0.349 e. The second-order valence-electron chi connectivity index (χ2n) is 5.47. The first-order valence-electron chi connectivity index (χ1n) is 7.58. The monoisotopic (exact) mass is 296 g/mol. The van der Waals surface area contributed by atoms with Crippen LogP contribution in [0.4, 0.5) is 0 Å². The first kappa shape index (κ1) is 17.6. The zero-order valence-electron chi connectivity index (χ0n) is 13.5. The molecule has 1 aromatic heterocycles. The van der Waals surface area contributed by atoms with Gasteiger partial charge >= 0.3 is 0 Å². The van der Waals surface area contributed by atoms with Crippen molar-refractivity contribution in [1.29, 1.82) is 0 Å². The van der Waals surface area contributed by atoms with E-state index in [9.17, 15) is 4.79 Å². The molecule has 0 spiro atoms. The zero-order chi connectivity index (χ0) is 15.8. The van der Waals surface area contributed by atoms with Crippen LogP contribution < -0.4 is 11.1 Å². The molecule has 3 N–H and O–H groups in total. The first-order chi connectivity index (χ1) is 10.0. The second-order valence-corrected chi connectivity index (χ2v) is 5.47. The normalized spacial score (nSPS) is 12.9. The van der Waals surface area contributed by atoms with Crippen molar-refractivity contribution in [2.24, 2.45) is 11.7 Å². The summed E-state index contributed by atoms with van der Waals surface area (Å²) in [6.07, 6.45) is 3.83. The molecule has 1 unspecified atom stereocenters. The lowest BCUT2D eigenvalue weighted by molar-refractivity contribution is 0.0923. The van der Waals surface area contributed by atoms with E-state index < -0.39 is 0 Å². The van der Waals surface area contributed by atoms with E-state index in [1.807, 2.05) is 14.1 Å². The second kappa shape index (κ2) is 8.74. The van der Waals surface area contributed by atoms with Crippen molar-refractivity contribution in [3.8, 4) is 0 Å². The highest BCUT2D eigenvalue weighted by molar-refractivity contribution is 5.91. The molecule has 0 aliphatic carbocycles. The molecule has 1 aromatic rings. The molecule has 1 rings (SSSR count). The van der Waals surface area contributed by atoms with Crippen LogP contribution in [0.2, 0.25) is 0 Å². The van der Waals surface area contributed by atoms with Crippen molar-refractivity contribution in [3.05, 3.63) is 11.9 Å². The van der Waals surface area contributed by atoms with E-state index in [1.165, 1.54) is 0 Å². The summed E-state index contributed by atoms with van der Waals surface area (Å²) in [5.74, 6) is 0.379. The van der Waals surface area contributed by atoms with Crippen molar-refractivity contribution in [2.75, 3.05) is 27.2 Å². The molecule has 21 heavy (non-hydrogen) atoms. The number of carbonyl (C=O) groups excluding carboxylic acids is 1. The van der Waals surface area contributed by atoms with Crippen LogP contribution in [-0.2, 0) is 6.54 Å². The maximum Gasteiger partial charge on any atom is 0.273 e. The van der Waals surface area contributed by atoms with Crippen molar-refractivity contribution in [1.82, 2.24) is 25.2 Å². The molecule has 120 valence electrons. The first-order valence-corrected chi connectivity index (χ1v) is 7.58. The van der Waals surface area contributed by atoms with Gasteiger partial charge in [-0.15, -0.1) is 5.10 Å². The Labute approximate surface area is 126 Å². The summed E-state index contributed by atoms with van der Waals surface area (Å²) in [4.78, 5) is 14.3. The zero-order valence-corrected chi connectivity index (χ0v) is 13.5. The molecule has 1 amide bonds. The molecule has 0 bridgehead atoms. The molecule has 1 heterocycles. The number of amides is 1. The van der Waals surface area contributed by atoms with Crippen LogP contribution in [0.15, 0.2) is 6.20 Å². The predicted octanol–water partition coefficient (Wildman–Crippen LogP) is 0.333. The third-order valence-electron chi connectivity index (χ3n) is 3.86. The van der Waals surface area contributed by atoms with Crippen LogP contribution in [0.5, 0.6) is 0 Å². The van der Waals surface area contributed by atoms with E-state index in [-0.39, 0.29) is 5.91 Å². The Morgan fingerprint density at radius 3 is 2.62 bits per heavy atom. The average Bonchev–Trinajstić information content (AvgIpc) is 2.92. The van der Waals surface area contributed by atoms with E-state index >= 15 is 0 Å². The summed E-state index contributed by atoms with van der Waals surface area (Å²) in [7, 11) is 4.10. The molecule has 0 fully saturated rings. The maximum absolute atomic E-state index is 12.1. The fourth-order valence-electron chi connectivity index (χ4n) is 2.54. The third-order valence-corrected chi connectivity index (χ3v) is 3.86. The van der Waals surface area contributed by atoms with Gasteiger partial charge in [0.05, 0.1) is 12.7 Å². The summed E-state index contributed by atoms with van der Waals surface area (Å²) in [6, 6.07) is 0.322. The Kier molecular flexibility index (Phi) is 7.31. The van der Waals surface area contributed by atoms with Crippen molar-refractivity contribution >= 4 is 5.91 Å². The minimum atomic E-state index is -0.184. The maximum atomic E-state index is 12.1. The van der Waals surface area contributed by atoms with Gasteiger partial charge in [0.2, 0.25) is 0 Å². The minimum absolute atomic E-state index is 0.184. The van der Waals surface area contributed by atoms with E-state index in [2.05, 4.69) is 34.4 Å². The third kappa shape index (κ3) is 5.09. The van der Waals surface area contributed by atoms with Gasteiger partial charge in [-0.25, -0.2) is 0 Å². The molecule has 7 heteroatoms. The van der Waals surface area contributed by atoms with Crippen molar-refractivity contribution < 1.29 is 4.79 Å². The Morgan fingerprint density at radius 1 is 1.43 bits per heavy atom. The van der Waals surface area contributed by atoms with E-state index in [1.54, 1.807) is 10.9 Å². The molecule has 0 aliphatic heterocycles. The summed E-state index contributed by atoms with van der Waals surface area (Å²) in [5, 5.41) is 10.7. The number of aromatic nitrogens is 3. The lowest BCUT2D eigenvalue weighted by Crippen LogP contribution is -2.44. The average molecular weight is 296 g/mol. The number of hydrogen-bond donors (Lipinski definition) is 2. The van der Waals surface area contributed by atoms with Gasteiger partial charge in [-0.3, -0.25) is 9.48 Å². The highest BCUT2D eigenvalue weighted by Crippen LogP contribution is 2.16. The number of nitrogens with zero attached hydrogens (tertiary/aromatic N) is 4. The molecule has 0 aliphatic rings. The van der Waals surface area contributed by atoms with Crippen LogP contribution in [0.25, 0.3) is 0 Å². The van der Waals surface area contributed by atoms with Crippen molar-refractivity contribution in [3.63, 3.8) is 0 Å². The number of likely N-dealkylation sites (N-methyl/N-ethyl adjacent to an activating group) is 1. The van der Waals surface area contributed by atoms with Crippen LogP contribution in [0.1, 0.15) is 37.2 Å². The molecule has 0 saturated carbocycles. The van der Waals surface area contributed by atoms with Crippen LogP contribution in [0.3, 0.4) is 0 Å². The topological polar surface area (TPSA) is 89.1 Å². The molecule has 1 atom stereocenters. The molecular weight excluding hydrogens is 268 g/mol. The van der Waals surface area contributed by atoms with E-state index in [0.29, 0.717) is 37.3 Å². The Hall–Kier alpha value is -1.47. The van der Waals surface area contributed by atoms with Gasteiger partial charge in [-0.05, 0) is 20.0 Å². The summed E-state index contributed by atoms with van der Waals surface area (Å²) >= 11 is 0. The van der Waals surface area contributed by atoms with Crippen molar-refractivity contribution in [2.45, 2.75) is 39.3 Å². The number of nitrogens with one attached hydrogen (secondary N) is 1. The highest BCUT2D eigenvalue weighted by Gasteiger charge is 2.22. The Bertz CT molecular complexity index is 427. The molecule has 0 aromatic carbocycles. The van der Waals surface area contributed by atoms with Crippen LogP contribution >= 0.6 is 0 Å². The number of nitrogens with two attached hydrogens (primary N) is 1. The molecule has 7 nitrogen and oxygen atoms in total. The lowest BCUT2D eigenvalue weighted by Gasteiger charge is -2.31. The van der Waals surface area contributed by atoms with E-state index in [4.69, 9.17) is 5.73 Å². The van der Waals surface area contributed by atoms with E-state index in [0.717, 1.165) is 12.8 Å². The summed E-state index contributed by atoms with van der Waals surface area (Å²) in [5.41, 5.74) is 5.79. The Balaban J connectivity index is 2.60. The summed E-state index contributed by atoms with van der Waals surface area (Å²) < 4.78 is 1.58. The molecule has 0 radical (unpaired) electrons. The molecule has 0 saturated heterocycles. The predicted molar refractivity (Wildman–Crippen MR) is 83.0 cm³/mol. The fourth-order valence-corrected chi connectivity index (χ4v) is 2.54. The van der Waals surface area contributed by atoms with Gasteiger partial charge < -0.3 is 16.0 Å². The van der Waals surface area contributed by atoms with Crippen LogP contribution in [0, 0.1) is 5.92 Å². The lowest BCUT2D eigenvalue weighted by atomic mass is 9.93.